The molecule has 6 heteroatoms. The predicted molar refractivity (Wildman–Crippen MR) is 79.6 cm³/mol. The van der Waals surface area contributed by atoms with Gasteiger partial charge in [-0.05, 0) is 26.0 Å². The van der Waals surface area contributed by atoms with E-state index in [1.54, 1.807) is 44.3 Å². The molecule has 21 heavy (non-hydrogen) atoms. The number of rotatable bonds is 4. The maximum absolute atomic E-state index is 12.6. The molecular weight excluding hydrogens is 290 g/mol. The Hall–Kier alpha value is -1.95. The summed E-state index contributed by atoms with van der Waals surface area (Å²) < 4.78 is 29.9. The van der Waals surface area contributed by atoms with Gasteiger partial charge in [0.05, 0.1) is 28.7 Å². The van der Waals surface area contributed by atoms with Gasteiger partial charge in [0.2, 0.25) is 0 Å². The van der Waals surface area contributed by atoms with E-state index in [0.29, 0.717) is 5.52 Å². The molecule has 2 rings (SSSR count). The molecule has 0 aliphatic carbocycles. The normalized spacial score (nSPS) is 12.3. The number of esters is 1. The third-order valence-electron chi connectivity index (χ3n) is 3.22. The highest BCUT2D eigenvalue weighted by Crippen LogP contribution is 2.27. The van der Waals surface area contributed by atoms with Crippen LogP contribution in [0.5, 0.6) is 0 Å². The molecule has 0 bridgehead atoms. The average Bonchev–Trinajstić information content (AvgIpc) is 2.44. The number of sulfone groups is 1. The first-order chi connectivity index (χ1) is 9.78. The molecule has 0 amide bonds. The van der Waals surface area contributed by atoms with Crippen LogP contribution in [0.4, 0.5) is 0 Å². The molecule has 112 valence electrons. The molecule has 0 saturated carbocycles. The summed E-state index contributed by atoms with van der Waals surface area (Å²) in [7, 11) is -2.42. The van der Waals surface area contributed by atoms with Gasteiger partial charge in [-0.3, -0.25) is 9.78 Å². The first-order valence-electron chi connectivity index (χ1n) is 6.43. The van der Waals surface area contributed by atoms with Crippen molar-refractivity contribution in [3.05, 3.63) is 36.5 Å². The van der Waals surface area contributed by atoms with Gasteiger partial charge in [-0.25, -0.2) is 8.42 Å². The average molecular weight is 307 g/mol. The third-order valence-corrected chi connectivity index (χ3v) is 5.32. The Morgan fingerprint density at radius 3 is 2.57 bits per heavy atom. The summed E-state index contributed by atoms with van der Waals surface area (Å²) in [6.45, 7) is 3.10. The summed E-state index contributed by atoms with van der Waals surface area (Å²) in [5.74, 6) is -0.887. The minimum Gasteiger partial charge on any atom is -0.469 e. The number of aromatic nitrogens is 1. The number of para-hydroxylation sites is 1. The van der Waals surface area contributed by atoms with Crippen molar-refractivity contribution in [3.8, 4) is 0 Å². The predicted octanol–water partition coefficient (Wildman–Crippen LogP) is 2.21. The van der Waals surface area contributed by atoms with E-state index in [0.717, 1.165) is 5.39 Å². The fourth-order valence-electron chi connectivity index (χ4n) is 2.22. The first kappa shape index (κ1) is 15.4. The summed E-state index contributed by atoms with van der Waals surface area (Å²) in [5, 5.41) is 0.745. The largest absolute Gasteiger partial charge is 0.469 e. The molecule has 0 fully saturated rings. The Morgan fingerprint density at radius 1 is 1.24 bits per heavy atom. The van der Waals surface area contributed by atoms with Gasteiger partial charge in [0.15, 0.2) is 9.84 Å². The summed E-state index contributed by atoms with van der Waals surface area (Å²) in [6.07, 6.45) is 1.55. The fourth-order valence-corrected chi connectivity index (χ4v) is 4.19. The quantitative estimate of drug-likeness (QED) is 0.810. The van der Waals surface area contributed by atoms with Crippen LogP contribution in [0.15, 0.2) is 41.4 Å². The van der Waals surface area contributed by atoms with Gasteiger partial charge in [-0.2, -0.15) is 0 Å². The molecule has 0 unspecified atom stereocenters. The Balaban J connectivity index is 2.51. The van der Waals surface area contributed by atoms with Crippen molar-refractivity contribution in [3.63, 3.8) is 0 Å². The highest BCUT2D eigenvalue weighted by atomic mass is 32.2. The lowest BCUT2D eigenvalue weighted by atomic mass is 9.97. The maximum Gasteiger partial charge on any atom is 0.312 e. The first-order valence-corrected chi connectivity index (χ1v) is 8.08. The highest BCUT2D eigenvalue weighted by Gasteiger charge is 2.36. The fraction of sp³-hybridized carbons (Fsp3) is 0.333. The second-order valence-electron chi connectivity index (χ2n) is 5.47. The number of fused-ring (bicyclic) bond motifs is 1. The molecule has 2 aromatic rings. The van der Waals surface area contributed by atoms with Crippen molar-refractivity contribution < 1.29 is 17.9 Å². The van der Waals surface area contributed by atoms with Crippen molar-refractivity contribution in [1.29, 1.82) is 0 Å². The zero-order valence-electron chi connectivity index (χ0n) is 12.2. The van der Waals surface area contributed by atoms with Crippen LogP contribution in [0.25, 0.3) is 10.9 Å². The zero-order chi connectivity index (χ0) is 15.7. The van der Waals surface area contributed by atoms with E-state index in [4.69, 9.17) is 0 Å². The van der Waals surface area contributed by atoms with E-state index in [-0.39, 0.29) is 10.6 Å². The molecule has 0 saturated heterocycles. The van der Waals surface area contributed by atoms with Gasteiger partial charge in [0.1, 0.15) is 0 Å². The second-order valence-corrected chi connectivity index (χ2v) is 7.42. The number of hydrogen-bond donors (Lipinski definition) is 0. The molecule has 1 aromatic heterocycles. The van der Waals surface area contributed by atoms with Gasteiger partial charge < -0.3 is 4.74 Å². The minimum absolute atomic E-state index is 0.137. The number of ether oxygens (including phenoxy) is 1. The molecule has 0 aliphatic heterocycles. The van der Waals surface area contributed by atoms with Crippen molar-refractivity contribution in [2.24, 2.45) is 5.41 Å². The third kappa shape index (κ3) is 3.05. The zero-order valence-corrected chi connectivity index (χ0v) is 13.0. The smallest absolute Gasteiger partial charge is 0.312 e. The maximum atomic E-state index is 12.6. The van der Waals surface area contributed by atoms with Crippen molar-refractivity contribution in [2.45, 2.75) is 18.7 Å². The van der Waals surface area contributed by atoms with Crippen LogP contribution in [0.2, 0.25) is 0 Å². The van der Waals surface area contributed by atoms with Crippen LogP contribution < -0.4 is 0 Å². The molecule has 0 radical (unpaired) electrons. The Morgan fingerprint density at radius 2 is 1.90 bits per heavy atom. The molecule has 0 spiro atoms. The molecule has 0 N–H and O–H groups in total. The molecular formula is C15H17NO4S. The van der Waals surface area contributed by atoms with Crippen LogP contribution >= 0.6 is 0 Å². The molecule has 5 nitrogen and oxygen atoms in total. The van der Waals surface area contributed by atoms with E-state index < -0.39 is 21.2 Å². The summed E-state index contributed by atoms with van der Waals surface area (Å²) >= 11 is 0. The molecule has 0 atom stereocenters. The monoisotopic (exact) mass is 307 g/mol. The number of carbonyl (C=O) groups excluding carboxylic acids is 1. The van der Waals surface area contributed by atoms with Gasteiger partial charge in [0.25, 0.3) is 0 Å². The van der Waals surface area contributed by atoms with Gasteiger partial charge in [0, 0.05) is 11.6 Å². The van der Waals surface area contributed by atoms with Crippen LogP contribution in [-0.4, -0.2) is 32.2 Å². The van der Waals surface area contributed by atoms with Gasteiger partial charge in [-0.1, -0.05) is 18.2 Å². The number of nitrogens with zero attached hydrogens (tertiary/aromatic N) is 1. The van der Waals surface area contributed by atoms with Crippen LogP contribution in [0, 0.1) is 5.41 Å². The van der Waals surface area contributed by atoms with Crippen LogP contribution in [0.3, 0.4) is 0 Å². The van der Waals surface area contributed by atoms with E-state index >= 15 is 0 Å². The SMILES string of the molecule is COC(=O)C(C)(C)CS(=O)(=O)c1cccc2cccnc12. The molecule has 1 heterocycles. The van der Waals surface area contributed by atoms with Crippen LogP contribution in [0.1, 0.15) is 13.8 Å². The van der Waals surface area contributed by atoms with Crippen molar-refractivity contribution >= 4 is 26.7 Å². The number of carbonyl (C=O) groups is 1. The van der Waals surface area contributed by atoms with E-state index in [1.165, 1.54) is 13.2 Å². The Bertz CT molecular complexity index is 776. The molecule has 0 aliphatic rings. The Kier molecular flexibility index (Phi) is 4.00. The standard InChI is InChI=1S/C15H17NO4S/c1-15(2,14(17)20-3)10-21(18,19)12-8-4-6-11-7-5-9-16-13(11)12/h4-9H,10H2,1-3H3. The number of hydrogen-bond acceptors (Lipinski definition) is 5. The lowest BCUT2D eigenvalue weighted by Gasteiger charge is -2.21. The summed E-state index contributed by atoms with van der Waals surface area (Å²) in [5.41, 5.74) is -0.703. The summed E-state index contributed by atoms with van der Waals surface area (Å²) in [4.78, 5) is 16.0. The Labute approximate surface area is 123 Å². The second kappa shape index (κ2) is 5.44. The van der Waals surface area contributed by atoms with Gasteiger partial charge in [-0.15, -0.1) is 0 Å². The van der Waals surface area contributed by atoms with Gasteiger partial charge >= 0.3 is 5.97 Å². The highest BCUT2D eigenvalue weighted by molar-refractivity contribution is 7.91. The van der Waals surface area contributed by atoms with Crippen molar-refractivity contribution in [2.75, 3.05) is 12.9 Å². The number of benzene rings is 1. The number of methoxy groups -OCH3 is 1. The van der Waals surface area contributed by atoms with Crippen molar-refractivity contribution in [1.82, 2.24) is 4.98 Å². The summed E-state index contributed by atoms with van der Waals surface area (Å²) in [6, 6.07) is 8.52. The minimum atomic E-state index is -3.66. The molecule has 1 aromatic carbocycles. The van der Waals surface area contributed by atoms with Crippen LogP contribution in [-0.2, 0) is 19.4 Å². The number of pyridine rings is 1. The lowest BCUT2D eigenvalue weighted by Crippen LogP contribution is -2.33. The topological polar surface area (TPSA) is 73.3 Å². The van der Waals surface area contributed by atoms with E-state index in [2.05, 4.69) is 9.72 Å². The van der Waals surface area contributed by atoms with E-state index in [9.17, 15) is 13.2 Å². The van der Waals surface area contributed by atoms with E-state index in [1.807, 2.05) is 0 Å². The lowest BCUT2D eigenvalue weighted by molar-refractivity contribution is -0.149.